The van der Waals surface area contributed by atoms with Crippen LogP contribution in [-0.4, -0.2) is 9.38 Å². The van der Waals surface area contributed by atoms with Gasteiger partial charge in [0.2, 0.25) is 0 Å². The fourth-order valence-corrected chi connectivity index (χ4v) is 3.42. The van der Waals surface area contributed by atoms with E-state index in [0.717, 1.165) is 16.7 Å². The molecular weight excluding hydrogens is 268 g/mol. The molecule has 3 aromatic carbocycles. The minimum atomic E-state index is 1.04. The molecule has 0 spiro atoms. The lowest BCUT2D eigenvalue weighted by atomic mass is 10.0. The second-order valence-corrected chi connectivity index (χ2v) is 5.83. The van der Waals surface area contributed by atoms with Gasteiger partial charge >= 0.3 is 0 Å². The van der Waals surface area contributed by atoms with Gasteiger partial charge in [-0.2, -0.15) is 0 Å². The van der Waals surface area contributed by atoms with Gasteiger partial charge < -0.3 is 0 Å². The largest absolute Gasteiger partial charge is 0.292 e. The van der Waals surface area contributed by atoms with Crippen molar-refractivity contribution in [3.63, 3.8) is 0 Å². The van der Waals surface area contributed by atoms with Crippen molar-refractivity contribution in [2.45, 2.75) is 6.92 Å². The Labute approximate surface area is 127 Å². The highest BCUT2D eigenvalue weighted by atomic mass is 15.0. The van der Waals surface area contributed by atoms with Crippen molar-refractivity contribution in [1.82, 2.24) is 9.38 Å². The predicted molar refractivity (Wildman–Crippen MR) is 92.4 cm³/mol. The Balaban J connectivity index is 2.22. The van der Waals surface area contributed by atoms with Crippen LogP contribution in [0.1, 0.15) is 5.56 Å². The summed E-state index contributed by atoms with van der Waals surface area (Å²) in [6, 6.07) is 23.5. The van der Waals surface area contributed by atoms with E-state index in [1.165, 1.54) is 27.2 Å². The summed E-state index contributed by atoms with van der Waals surface area (Å²) in [7, 11) is 0. The van der Waals surface area contributed by atoms with Crippen molar-refractivity contribution in [2.75, 3.05) is 0 Å². The summed E-state index contributed by atoms with van der Waals surface area (Å²) in [5, 5.41) is 3.76. The average Bonchev–Trinajstić information content (AvgIpc) is 2.94. The number of benzene rings is 3. The van der Waals surface area contributed by atoms with Crippen LogP contribution in [0.4, 0.5) is 0 Å². The number of hydrogen-bond acceptors (Lipinski definition) is 1. The van der Waals surface area contributed by atoms with Crippen LogP contribution in [0.2, 0.25) is 0 Å². The zero-order valence-corrected chi connectivity index (χ0v) is 12.2. The van der Waals surface area contributed by atoms with E-state index in [2.05, 4.69) is 72.0 Å². The van der Waals surface area contributed by atoms with Crippen LogP contribution in [0.3, 0.4) is 0 Å². The standard InChI is InChI=1S/C20H14N2/c1-13-10-11-15-16(12-13)14-6-2-4-8-18(14)22-19-9-5-3-7-17(19)21-20(15)22/h2-12H,1H3. The van der Waals surface area contributed by atoms with E-state index in [-0.39, 0.29) is 0 Å². The van der Waals surface area contributed by atoms with Crippen molar-refractivity contribution in [2.24, 2.45) is 0 Å². The molecule has 0 aliphatic rings. The smallest absolute Gasteiger partial charge is 0.146 e. The number of para-hydroxylation sites is 3. The number of rotatable bonds is 0. The molecule has 0 amide bonds. The van der Waals surface area contributed by atoms with Crippen LogP contribution >= 0.6 is 0 Å². The monoisotopic (exact) mass is 282 g/mol. The molecule has 2 heterocycles. The topological polar surface area (TPSA) is 17.3 Å². The van der Waals surface area contributed by atoms with Gasteiger partial charge in [0.05, 0.1) is 16.6 Å². The van der Waals surface area contributed by atoms with Gasteiger partial charge in [0, 0.05) is 10.8 Å². The van der Waals surface area contributed by atoms with E-state index >= 15 is 0 Å². The first kappa shape index (κ1) is 11.8. The van der Waals surface area contributed by atoms with E-state index in [1.54, 1.807) is 0 Å². The Morgan fingerprint density at radius 2 is 1.50 bits per heavy atom. The van der Waals surface area contributed by atoms with E-state index < -0.39 is 0 Å². The van der Waals surface area contributed by atoms with Gasteiger partial charge in [-0.15, -0.1) is 0 Å². The number of pyridine rings is 1. The van der Waals surface area contributed by atoms with Gasteiger partial charge in [-0.1, -0.05) is 54.1 Å². The summed E-state index contributed by atoms with van der Waals surface area (Å²) in [5.74, 6) is 0. The lowest BCUT2D eigenvalue weighted by Gasteiger charge is -2.09. The third-order valence-electron chi connectivity index (χ3n) is 4.41. The molecule has 2 nitrogen and oxygen atoms in total. The predicted octanol–water partition coefficient (Wildman–Crippen LogP) is 5.10. The van der Waals surface area contributed by atoms with Crippen LogP contribution < -0.4 is 0 Å². The Kier molecular flexibility index (Phi) is 2.18. The van der Waals surface area contributed by atoms with Crippen LogP contribution in [0.15, 0.2) is 66.7 Å². The van der Waals surface area contributed by atoms with E-state index in [9.17, 15) is 0 Å². The van der Waals surface area contributed by atoms with Crippen molar-refractivity contribution in [1.29, 1.82) is 0 Å². The number of nitrogens with zero attached hydrogens (tertiary/aromatic N) is 2. The van der Waals surface area contributed by atoms with Crippen molar-refractivity contribution < 1.29 is 0 Å². The van der Waals surface area contributed by atoms with Crippen molar-refractivity contribution >= 4 is 38.4 Å². The average molecular weight is 282 g/mol. The number of fused-ring (bicyclic) bond motifs is 8. The second kappa shape index (κ2) is 4.08. The lowest BCUT2D eigenvalue weighted by Crippen LogP contribution is -1.91. The van der Waals surface area contributed by atoms with Crippen molar-refractivity contribution in [3.8, 4) is 0 Å². The summed E-state index contributed by atoms with van der Waals surface area (Å²) in [6.45, 7) is 2.14. The fraction of sp³-hybridized carbons (Fsp3) is 0.0500. The number of aromatic nitrogens is 2. The van der Waals surface area contributed by atoms with E-state index in [1.807, 2.05) is 6.07 Å². The molecule has 5 rings (SSSR count). The molecule has 2 heteroatoms. The SMILES string of the molecule is Cc1ccc2c(c1)c1ccccc1n1c3ccccc3nc21. The molecule has 5 aromatic rings. The molecule has 0 aliphatic heterocycles. The zero-order valence-electron chi connectivity index (χ0n) is 12.2. The number of hydrogen-bond donors (Lipinski definition) is 0. The number of imidazole rings is 1. The third-order valence-corrected chi connectivity index (χ3v) is 4.41. The maximum atomic E-state index is 4.89. The minimum Gasteiger partial charge on any atom is -0.292 e. The summed E-state index contributed by atoms with van der Waals surface area (Å²) in [4.78, 5) is 4.89. The summed E-state index contributed by atoms with van der Waals surface area (Å²) >= 11 is 0. The Bertz CT molecular complexity index is 1180. The quantitative estimate of drug-likeness (QED) is 0.361. The molecule has 22 heavy (non-hydrogen) atoms. The minimum absolute atomic E-state index is 1.04. The summed E-state index contributed by atoms with van der Waals surface area (Å²) in [6.07, 6.45) is 0. The van der Waals surface area contributed by atoms with Crippen molar-refractivity contribution in [3.05, 3.63) is 72.3 Å². The molecule has 104 valence electrons. The molecule has 0 radical (unpaired) electrons. The molecule has 0 saturated carbocycles. The lowest BCUT2D eigenvalue weighted by molar-refractivity contribution is 1.31. The van der Waals surface area contributed by atoms with Crippen LogP contribution in [-0.2, 0) is 0 Å². The maximum absolute atomic E-state index is 4.89. The van der Waals surface area contributed by atoms with Gasteiger partial charge in [0.15, 0.2) is 0 Å². The number of aryl methyl sites for hydroxylation is 1. The van der Waals surface area contributed by atoms with E-state index in [4.69, 9.17) is 4.98 Å². The van der Waals surface area contributed by atoms with Crippen LogP contribution in [0.5, 0.6) is 0 Å². The molecule has 0 fully saturated rings. The Morgan fingerprint density at radius 3 is 2.41 bits per heavy atom. The fourth-order valence-electron chi connectivity index (χ4n) is 3.42. The molecule has 2 aromatic heterocycles. The molecule has 0 aliphatic carbocycles. The Morgan fingerprint density at radius 1 is 0.727 bits per heavy atom. The zero-order chi connectivity index (χ0) is 14.7. The van der Waals surface area contributed by atoms with Crippen LogP contribution in [0, 0.1) is 6.92 Å². The molecular formula is C20H14N2. The molecule has 0 bridgehead atoms. The molecule has 0 unspecified atom stereocenters. The molecule has 0 N–H and O–H groups in total. The first-order valence-corrected chi connectivity index (χ1v) is 7.51. The second-order valence-electron chi connectivity index (χ2n) is 5.83. The normalized spacial score (nSPS) is 11.9. The van der Waals surface area contributed by atoms with Crippen LogP contribution in [0.25, 0.3) is 38.4 Å². The first-order valence-electron chi connectivity index (χ1n) is 7.51. The maximum Gasteiger partial charge on any atom is 0.146 e. The summed E-state index contributed by atoms with van der Waals surface area (Å²) < 4.78 is 2.28. The highest BCUT2D eigenvalue weighted by Crippen LogP contribution is 2.32. The highest BCUT2D eigenvalue weighted by Gasteiger charge is 2.12. The Hall–Kier alpha value is -2.87. The van der Waals surface area contributed by atoms with Gasteiger partial charge in [0.25, 0.3) is 0 Å². The highest BCUT2D eigenvalue weighted by molar-refractivity contribution is 6.13. The van der Waals surface area contributed by atoms with Gasteiger partial charge in [-0.25, -0.2) is 4.98 Å². The molecule has 0 atom stereocenters. The third kappa shape index (κ3) is 1.41. The van der Waals surface area contributed by atoms with Gasteiger partial charge in [0.1, 0.15) is 5.65 Å². The van der Waals surface area contributed by atoms with E-state index in [0.29, 0.717) is 0 Å². The van der Waals surface area contributed by atoms with Gasteiger partial charge in [-0.05, 0) is 30.5 Å². The van der Waals surface area contributed by atoms with Gasteiger partial charge in [-0.3, -0.25) is 4.40 Å². The molecule has 0 saturated heterocycles. The summed E-state index contributed by atoms with van der Waals surface area (Å²) in [5.41, 5.74) is 5.73. The first-order chi connectivity index (χ1) is 10.8.